The molecule has 3 aromatic rings. The number of benzene rings is 2. The first kappa shape index (κ1) is 17.1. The maximum atomic E-state index is 13.5. The van der Waals surface area contributed by atoms with Gasteiger partial charge in [0.15, 0.2) is 11.6 Å². The summed E-state index contributed by atoms with van der Waals surface area (Å²) in [4.78, 5) is 12.7. The summed E-state index contributed by atoms with van der Waals surface area (Å²) in [5.41, 5.74) is 1.61. The van der Waals surface area contributed by atoms with E-state index in [0.717, 1.165) is 11.1 Å². The summed E-state index contributed by atoms with van der Waals surface area (Å²) >= 11 is 1.29. The summed E-state index contributed by atoms with van der Waals surface area (Å²) in [7, 11) is 0. The summed E-state index contributed by atoms with van der Waals surface area (Å²) in [6.45, 7) is 0.501. The monoisotopic (exact) mass is 359 g/mol. The number of carbonyl (C=O) groups excluding carboxylic acids is 1. The van der Waals surface area contributed by atoms with Gasteiger partial charge in [0.25, 0.3) is 5.91 Å². The molecule has 0 saturated carbocycles. The number of nitrogens with one attached hydrogen (secondary N) is 1. The fraction of sp³-hybridized carbons (Fsp3) is 0.105. The molecule has 0 saturated heterocycles. The first-order chi connectivity index (χ1) is 12.1. The number of carbonyl (C=O) groups is 1. The number of hydrogen-bond donors (Lipinski definition) is 1. The van der Waals surface area contributed by atoms with Crippen molar-refractivity contribution in [1.82, 2.24) is 5.32 Å². The quantitative estimate of drug-likeness (QED) is 0.702. The van der Waals surface area contributed by atoms with Crippen LogP contribution in [0.15, 0.2) is 60.0 Å². The van der Waals surface area contributed by atoms with Crippen LogP contribution in [0.25, 0.3) is 0 Å². The smallest absolute Gasteiger partial charge is 0.261 e. The molecule has 1 N–H and O–H groups in total. The fourth-order valence-corrected chi connectivity index (χ4v) is 2.98. The van der Waals surface area contributed by atoms with E-state index >= 15 is 0 Å². The summed E-state index contributed by atoms with van der Waals surface area (Å²) in [6.07, 6.45) is 0. The minimum absolute atomic E-state index is 0.177. The third kappa shape index (κ3) is 4.64. The number of hydrogen-bond acceptors (Lipinski definition) is 3. The summed E-state index contributed by atoms with van der Waals surface area (Å²) in [5, 5.41) is 4.58. The lowest BCUT2D eigenvalue weighted by Crippen LogP contribution is -2.21. The van der Waals surface area contributed by atoms with Gasteiger partial charge in [0.05, 0.1) is 4.88 Å². The molecule has 0 aliphatic rings. The molecule has 2 aromatic carbocycles. The van der Waals surface area contributed by atoms with Gasteiger partial charge in [-0.25, -0.2) is 8.78 Å². The Bertz CT molecular complexity index is 862. The molecule has 25 heavy (non-hydrogen) atoms. The van der Waals surface area contributed by atoms with Crippen LogP contribution in [0.5, 0.6) is 5.75 Å². The van der Waals surface area contributed by atoms with Crippen LogP contribution >= 0.6 is 11.3 Å². The Kier molecular flexibility index (Phi) is 5.40. The Balaban J connectivity index is 1.54. The van der Waals surface area contributed by atoms with Crippen molar-refractivity contribution in [3.8, 4) is 5.75 Å². The van der Waals surface area contributed by atoms with Gasteiger partial charge < -0.3 is 10.1 Å². The van der Waals surface area contributed by atoms with E-state index in [1.54, 1.807) is 41.8 Å². The molecule has 6 heteroatoms. The van der Waals surface area contributed by atoms with Crippen LogP contribution in [-0.2, 0) is 13.2 Å². The zero-order valence-electron chi connectivity index (χ0n) is 13.2. The van der Waals surface area contributed by atoms with E-state index in [1.165, 1.54) is 29.5 Å². The Labute approximate surface area is 147 Å². The fourth-order valence-electron chi connectivity index (χ4n) is 2.16. The van der Waals surface area contributed by atoms with E-state index in [0.29, 0.717) is 11.4 Å². The second-order valence-electron chi connectivity index (χ2n) is 5.35. The van der Waals surface area contributed by atoms with Crippen molar-refractivity contribution < 1.29 is 18.3 Å². The van der Waals surface area contributed by atoms with E-state index in [2.05, 4.69) is 5.32 Å². The van der Waals surface area contributed by atoms with E-state index in [9.17, 15) is 13.6 Å². The first-order valence-electron chi connectivity index (χ1n) is 7.59. The average Bonchev–Trinajstić information content (AvgIpc) is 3.09. The molecule has 0 unspecified atom stereocenters. The predicted molar refractivity (Wildman–Crippen MR) is 92.6 cm³/mol. The second-order valence-corrected chi connectivity index (χ2v) is 6.26. The molecule has 0 aliphatic heterocycles. The van der Waals surface area contributed by atoms with Crippen molar-refractivity contribution in [1.29, 1.82) is 0 Å². The van der Waals surface area contributed by atoms with Gasteiger partial charge in [0.2, 0.25) is 0 Å². The molecule has 1 amide bonds. The van der Waals surface area contributed by atoms with Gasteiger partial charge in [-0.3, -0.25) is 4.79 Å². The molecule has 0 radical (unpaired) electrons. The SMILES string of the molecule is O=C(NCc1ccc(F)cc1)c1cc(COc2ccccc2F)cs1. The number of rotatable bonds is 6. The Morgan fingerprint density at radius 2 is 1.80 bits per heavy atom. The van der Waals surface area contributed by atoms with Crippen molar-refractivity contribution in [2.45, 2.75) is 13.2 Å². The van der Waals surface area contributed by atoms with Gasteiger partial charge >= 0.3 is 0 Å². The lowest BCUT2D eigenvalue weighted by molar-refractivity contribution is 0.0955. The maximum Gasteiger partial charge on any atom is 0.261 e. The molecular weight excluding hydrogens is 344 g/mol. The molecule has 1 heterocycles. The van der Waals surface area contributed by atoms with Crippen LogP contribution in [0.1, 0.15) is 20.8 Å². The molecule has 3 nitrogen and oxygen atoms in total. The van der Waals surface area contributed by atoms with Crippen LogP contribution in [-0.4, -0.2) is 5.91 Å². The van der Waals surface area contributed by atoms with Gasteiger partial charge in [-0.1, -0.05) is 24.3 Å². The minimum atomic E-state index is -0.421. The number of halogens is 2. The van der Waals surface area contributed by atoms with Crippen molar-refractivity contribution in [2.75, 3.05) is 0 Å². The van der Waals surface area contributed by atoms with Crippen molar-refractivity contribution in [3.63, 3.8) is 0 Å². The lowest BCUT2D eigenvalue weighted by atomic mass is 10.2. The van der Waals surface area contributed by atoms with E-state index in [1.807, 2.05) is 0 Å². The molecular formula is C19H15F2NO2S. The summed E-state index contributed by atoms with van der Waals surface area (Å²) in [5.74, 6) is -0.773. The van der Waals surface area contributed by atoms with Crippen LogP contribution < -0.4 is 10.1 Å². The van der Waals surface area contributed by atoms with Crippen molar-refractivity contribution in [2.24, 2.45) is 0 Å². The third-order valence-electron chi connectivity index (χ3n) is 3.47. The highest BCUT2D eigenvalue weighted by molar-refractivity contribution is 7.12. The maximum absolute atomic E-state index is 13.5. The molecule has 0 bridgehead atoms. The van der Waals surface area contributed by atoms with Crippen LogP contribution in [0.4, 0.5) is 8.78 Å². The summed E-state index contributed by atoms with van der Waals surface area (Å²) < 4.78 is 31.8. The Morgan fingerprint density at radius 1 is 1.04 bits per heavy atom. The average molecular weight is 359 g/mol. The zero-order chi connectivity index (χ0) is 17.6. The van der Waals surface area contributed by atoms with Gasteiger partial charge in [-0.15, -0.1) is 11.3 Å². The first-order valence-corrected chi connectivity index (χ1v) is 8.47. The standard InChI is InChI=1S/C19H15F2NO2S/c20-15-7-5-13(6-8-15)10-22-19(23)18-9-14(12-25-18)11-24-17-4-2-1-3-16(17)21/h1-9,12H,10-11H2,(H,22,23). The van der Waals surface area contributed by atoms with Gasteiger partial charge in [-0.2, -0.15) is 0 Å². The number of amides is 1. The highest BCUT2D eigenvalue weighted by Gasteiger charge is 2.10. The largest absolute Gasteiger partial charge is 0.486 e. The molecule has 0 atom stereocenters. The molecule has 0 fully saturated rings. The second kappa shape index (κ2) is 7.90. The highest BCUT2D eigenvalue weighted by atomic mass is 32.1. The van der Waals surface area contributed by atoms with Crippen LogP contribution in [0.2, 0.25) is 0 Å². The molecule has 128 valence electrons. The minimum Gasteiger partial charge on any atom is -0.486 e. The Hall–Kier alpha value is -2.73. The van der Waals surface area contributed by atoms with Crippen LogP contribution in [0.3, 0.4) is 0 Å². The highest BCUT2D eigenvalue weighted by Crippen LogP contribution is 2.20. The predicted octanol–water partition coefficient (Wildman–Crippen LogP) is 4.54. The van der Waals surface area contributed by atoms with Gasteiger partial charge in [-0.05, 0) is 41.3 Å². The lowest BCUT2D eigenvalue weighted by Gasteiger charge is -2.05. The third-order valence-corrected chi connectivity index (χ3v) is 4.45. The molecule has 0 aliphatic carbocycles. The summed E-state index contributed by atoms with van der Waals surface area (Å²) in [6, 6.07) is 13.8. The van der Waals surface area contributed by atoms with Gasteiger partial charge in [0.1, 0.15) is 12.4 Å². The molecule has 0 spiro atoms. The number of ether oxygens (including phenoxy) is 1. The topological polar surface area (TPSA) is 38.3 Å². The number of thiophene rings is 1. The van der Waals surface area contributed by atoms with E-state index < -0.39 is 5.82 Å². The van der Waals surface area contributed by atoms with E-state index in [-0.39, 0.29) is 24.1 Å². The van der Waals surface area contributed by atoms with Crippen molar-refractivity contribution in [3.05, 3.63) is 87.6 Å². The Morgan fingerprint density at radius 3 is 2.56 bits per heavy atom. The van der Waals surface area contributed by atoms with Crippen molar-refractivity contribution >= 4 is 17.2 Å². The molecule has 1 aromatic heterocycles. The zero-order valence-corrected chi connectivity index (χ0v) is 14.0. The van der Waals surface area contributed by atoms with Gasteiger partial charge in [0, 0.05) is 12.1 Å². The normalized spacial score (nSPS) is 10.5. The van der Waals surface area contributed by atoms with E-state index in [4.69, 9.17) is 4.74 Å². The number of para-hydroxylation sites is 1. The molecule has 3 rings (SSSR count). The van der Waals surface area contributed by atoms with Crippen LogP contribution in [0, 0.1) is 11.6 Å².